The van der Waals surface area contributed by atoms with Crippen LogP contribution in [0.4, 0.5) is 5.82 Å². The van der Waals surface area contributed by atoms with Gasteiger partial charge in [0.2, 0.25) is 0 Å². The van der Waals surface area contributed by atoms with Crippen molar-refractivity contribution < 1.29 is 4.79 Å². The molecule has 1 aliphatic carbocycles. The molecule has 3 rings (SSSR count). The summed E-state index contributed by atoms with van der Waals surface area (Å²) in [6.45, 7) is 0. The Hall–Kier alpha value is -2.43. The second-order valence-corrected chi connectivity index (χ2v) is 6.10. The summed E-state index contributed by atoms with van der Waals surface area (Å²) in [7, 11) is 0. The highest BCUT2D eigenvalue weighted by Crippen LogP contribution is 2.28. The number of hydrogen-bond acceptors (Lipinski definition) is 4. The first kappa shape index (κ1) is 15.5. The van der Waals surface area contributed by atoms with Gasteiger partial charge in [-0.1, -0.05) is 43.2 Å². The summed E-state index contributed by atoms with van der Waals surface area (Å²) < 4.78 is 0. The van der Waals surface area contributed by atoms with Crippen molar-refractivity contribution in [1.82, 2.24) is 15.3 Å². The molecule has 0 unspecified atom stereocenters. The minimum atomic E-state index is -0.222. The van der Waals surface area contributed by atoms with Crippen molar-refractivity contribution in [2.24, 2.45) is 5.92 Å². The number of nitrogens with two attached hydrogens (primary N) is 1. The van der Waals surface area contributed by atoms with Gasteiger partial charge in [-0.2, -0.15) is 0 Å². The predicted molar refractivity (Wildman–Crippen MR) is 89.8 cm³/mol. The van der Waals surface area contributed by atoms with Crippen LogP contribution in [0.1, 0.15) is 41.7 Å². The Bertz CT molecular complexity index is 659. The van der Waals surface area contributed by atoms with E-state index < -0.39 is 0 Å². The zero-order valence-electron chi connectivity index (χ0n) is 13.1. The van der Waals surface area contributed by atoms with Crippen LogP contribution in [0.25, 0.3) is 0 Å². The molecule has 0 aliphatic heterocycles. The van der Waals surface area contributed by atoms with Crippen molar-refractivity contribution in [3.8, 4) is 0 Å². The van der Waals surface area contributed by atoms with Crippen LogP contribution >= 0.6 is 0 Å². The lowest BCUT2D eigenvalue weighted by Gasteiger charge is -2.32. The molecule has 0 radical (unpaired) electrons. The molecule has 0 spiro atoms. The summed E-state index contributed by atoms with van der Waals surface area (Å²) >= 11 is 0. The molecule has 1 aliphatic rings. The quantitative estimate of drug-likeness (QED) is 0.909. The number of carbonyl (C=O) groups is 1. The second-order valence-electron chi connectivity index (χ2n) is 6.10. The van der Waals surface area contributed by atoms with Crippen LogP contribution in [0, 0.1) is 5.92 Å². The van der Waals surface area contributed by atoms with Crippen LogP contribution in [-0.2, 0) is 6.42 Å². The van der Waals surface area contributed by atoms with E-state index in [1.165, 1.54) is 24.4 Å². The van der Waals surface area contributed by atoms with Gasteiger partial charge in [0.1, 0.15) is 0 Å². The highest BCUT2D eigenvalue weighted by molar-refractivity contribution is 5.96. The Kier molecular flexibility index (Phi) is 4.86. The zero-order chi connectivity index (χ0) is 16.1. The Morgan fingerprint density at radius 3 is 2.65 bits per heavy atom. The van der Waals surface area contributed by atoms with Crippen molar-refractivity contribution in [1.29, 1.82) is 0 Å². The molecular weight excluding hydrogens is 288 g/mol. The molecule has 1 aromatic heterocycles. The number of anilines is 1. The van der Waals surface area contributed by atoms with Crippen molar-refractivity contribution in [2.45, 2.75) is 38.1 Å². The van der Waals surface area contributed by atoms with Gasteiger partial charge in [0.15, 0.2) is 11.5 Å². The fourth-order valence-corrected chi connectivity index (χ4v) is 3.32. The summed E-state index contributed by atoms with van der Waals surface area (Å²) in [4.78, 5) is 20.4. The molecule has 2 aromatic rings. The van der Waals surface area contributed by atoms with Gasteiger partial charge in [0, 0.05) is 18.4 Å². The average Bonchev–Trinajstić information content (AvgIpc) is 2.58. The Morgan fingerprint density at radius 2 is 1.87 bits per heavy atom. The van der Waals surface area contributed by atoms with Crippen LogP contribution in [0.3, 0.4) is 0 Å². The van der Waals surface area contributed by atoms with E-state index >= 15 is 0 Å². The fourth-order valence-electron chi connectivity index (χ4n) is 3.32. The molecule has 3 N–H and O–H groups in total. The summed E-state index contributed by atoms with van der Waals surface area (Å²) in [5, 5.41) is 3.12. The number of rotatable bonds is 4. The van der Waals surface area contributed by atoms with E-state index in [0.717, 1.165) is 25.7 Å². The van der Waals surface area contributed by atoms with Crippen molar-refractivity contribution >= 4 is 11.7 Å². The SMILES string of the molecule is Nc1nccnc1C(=O)N[C@H]1CCCC[C@@H]1Cc1ccccc1. The van der Waals surface area contributed by atoms with Crippen LogP contribution in [0.5, 0.6) is 0 Å². The third-order valence-electron chi connectivity index (χ3n) is 4.51. The monoisotopic (exact) mass is 310 g/mol. The molecule has 120 valence electrons. The third-order valence-corrected chi connectivity index (χ3v) is 4.51. The summed E-state index contributed by atoms with van der Waals surface area (Å²) in [5.74, 6) is 0.411. The maximum Gasteiger partial charge on any atom is 0.273 e. The first-order valence-corrected chi connectivity index (χ1v) is 8.15. The minimum absolute atomic E-state index is 0.165. The maximum absolute atomic E-state index is 12.4. The first-order chi connectivity index (χ1) is 11.2. The van der Waals surface area contributed by atoms with Crippen molar-refractivity contribution in [2.75, 3.05) is 5.73 Å². The molecule has 5 heteroatoms. The number of benzene rings is 1. The smallest absolute Gasteiger partial charge is 0.273 e. The Balaban J connectivity index is 1.69. The maximum atomic E-state index is 12.4. The molecular formula is C18H22N4O. The fraction of sp³-hybridized carbons (Fsp3) is 0.389. The predicted octanol–water partition coefficient (Wildman–Crippen LogP) is 2.59. The van der Waals surface area contributed by atoms with Gasteiger partial charge >= 0.3 is 0 Å². The van der Waals surface area contributed by atoms with Crippen LogP contribution in [0.2, 0.25) is 0 Å². The normalized spacial score (nSPS) is 20.9. The molecule has 1 amide bonds. The van der Waals surface area contributed by atoms with Crippen molar-refractivity contribution in [3.05, 3.63) is 54.0 Å². The van der Waals surface area contributed by atoms with E-state index in [1.54, 1.807) is 0 Å². The lowest BCUT2D eigenvalue weighted by molar-refractivity contribution is 0.0901. The van der Waals surface area contributed by atoms with Gasteiger partial charge in [-0.05, 0) is 30.7 Å². The summed E-state index contributed by atoms with van der Waals surface area (Å²) in [6, 6.07) is 10.6. The van der Waals surface area contributed by atoms with Crippen LogP contribution in [0.15, 0.2) is 42.7 Å². The lowest BCUT2D eigenvalue weighted by Crippen LogP contribution is -2.43. The molecule has 0 bridgehead atoms. The highest BCUT2D eigenvalue weighted by Gasteiger charge is 2.27. The van der Waals surface area contributed by atoms with Gasteiger partial charge in [-0.15, -0.1) is 0 Å². The number of nitrogen functional groups attached to an aromatic ring is 1. The van der Waals surface area contributed by atoms with E-state index in [2.05, 4.69) is 39.6 Å². The summed E-state index contributed by atoms with van der Waals surface area (Å²) in [6.07, 6.45) is 8.47. The Morgan fingerprint density at radius 1 is 1.13 bits per heavy atom. The molecule has 1 heterocycles. The molecule has 0 saturated heterocycles. The minimum Gasteiger partial charge on any atom is -0.382 e. The van der Waals surface area contributed by atoms with Gasteiger partial charge in [0.05, 0.1) is 0 Å². The molecule has 1 saturated carbocycles. The first-order valence-electron chi connectivity index (χ1n) is 8.15. The summed E-state index contributed by atoms with van der Waals surface area (Å²) in [5.41, 5.74) is 7.29. The molecule has 1 aromatic carbocycles. The number of aromatic nitrogens is 2. The molecule has 23 heavy (non-hydrogen) atoms. The van der Waals surface area contributed by atoms with Gasteiger partial charge in [-0.3, -0.25) is 4.79 Å². The van der Waals surface area contributed by atoms with Gasteiger partial charge < -0.3 is 11.1 Å². The molecule has 1 fully saturated rings. The van der Waals surface area contributed by atoms with E-state index in [0.29, 0.717) is 5.92 Å². The largest absolute Gasteiger partial charge is 0.382 e. The number of amides is 1. The number of nitrogens with zero attached hydrogens (tertiary/aromatic N) is 2. The zero-order valence-corrected chi connectivity index (χ0v) is 13.1. The van der Waals surface area contributed by atoms with E-state index in [9.17, 15) is 4.79 Å². The number of carbonyl (C=O) groups excluding carboxylic acids is 1. The number of hydrogen-bond donors (Lipinski definition) is 2. The van der Waals surface area contributed by atoms with Gasteiger partial charge in [-0.25, -0.2) is 9.97 Å². The third kappa shape index (κ3) is 3.86. The number of nitrogens with one attached hydrogen (secondary N) is 1. The van der Waals surface area contributed by atoms with Crippen molar-refractivity contribution in [3.63, 3.8) is 0 Å². The average molecular weight is 310 g/mol. The van der Waals surface area contributed by atoms with E-state index in [-0.39, 0.29) is 23.5 Å². The topological polar surface area (TPSA) is 80.9 Å². The standard InChI is InChI=1S/C18H22N4O/c19-17-16(20-10-11-21-17)18(23)22-15-9-5-4-8-14(15)12-13-6-2-1-3-7-13/h1-3,6-7,10-11,14-15H,4-5,8-9,12H2,(H2,19,21)(H,22,23)/t14-,15+/m1/s1. The van der Waals surface area contributed by atoms with Crippen LogP contribution in [-0.4, -0.2) is 21.9 Å². The lowest BCUT2D eigenvalue weighted by atomic mass is 9.80. The highest BCUT2D eigenvalue weighted by atomic mass is 16.2. The Labute approximate surface area is 136 Å². The van der Waals surface area contributed by atoms with Gasteiger partial charge in [0.25, 0.3) is 5.91 Å². The molecule has 2 atom stereocenters. The molecule has 5 nitrogen and oxygen atoms in total. The second kappa shape index (κ2) is 7.22. The van der Waals surface area contributed by atoms with E-state index in [1.807, 2.05) is 6.07 Å². The van der Waals surface area contributed by atoms with E-state index in [4.69, 9.17) is 5.73 Å². The van der Waals surface area contributed by atoms with Crippen LogP contribution < -0.4 is 11.1 Å².